The van der Waals surface area contributed by atoms with Crippen LogP contribution in [0.25, 0.3) is 11.0 Å². The van der Waals surface area contributed by atoms with E-state index in [2.05, 4.69) is 9.97 Å². The van der Waals surface area contributed by atoms with Crippen molar-refractivity contribution in [2.75, 3.05) is 18.8 Å². The van der Waals surface area contributed by atoms with Crippen LogP contribution in [0.1, 0.15) is 0 Å². The maximum absolute atomic E-state index is 12.9. The van der Waals surface area contributed by atoms with Crippen LogP contribution in [0.2, 0.25) is 0 Å². The van der Waals surface area contributed by atoms with Crippen LogP contribution < -0.4 is 11.3 Å². The van der Waals surface area contributed by atoms with Gasteiger partial charge in [-0.15, -0.1) is 0 Å². The summed E-state index contributed by atoms with van der Waals surface area (Å²) >= 11 is 0. The van der Waals surface area contributed by atoms with Crippen LogP contribution in [0, 0.1) is 0 Å². The smallest absolute Gasteiger partial charge is 0.261 e. The van der Waals surface area contributed by atoms with Crippen LogP contribution in [-0.4, -0.2) is 43.4 Å². The average molecular weight is 304 g/mol. The number of nitrogens with one attached hydrogen (secondary N) is 1. The Balaban J connectivity index is 2.22. The Bertz CT molecular complexity index is 644. The Morgan fingerprint density at radius 1 is 1.60 bits per heavy atom. The molecule has 0 radical (unpaired) electrons. The number of nitrogen functional groups attached to an aromatic ring is 1. The number of nitrogens with two attached hydrogens (primary N) is 1. The summed E-state index contributed by atoms with van der Waals surface area (Å²) in [6, 6.07) is 1.54. The van der Waals surface area contributed by atoms with E-state index in [-0.39, 0.29) is 24.4 Å². The monoisotopic (exact) mass is 304 g/mol. The highest BCUT2D eigenvalue weighted by Crippen LogP contribution is 2.23. The first-order valence-electron chi connectivity index (χ1n) is 5.68. The fourth-order valence-corrected chi connectivity index (χ4v) is 2.12. The van der Waals surface area contributed by atoms with Crippen LogP contribution in [0.4, 0.5) is 10.3 Å². The molecule has 1 atom stereocenters. The maximum atomic E-state index is 12.9. The first-order chi connectivity index (χ1) is 9.51. The second kappa shape index (κ2) is 6.27. The minimum absolute atomic E-state index is 0.0330. The van der Waals surface area contributed by atoms with Gasteiger partial charge in [0.2, 0.25) is 5.95 Å². The molecule has 2 aromatic rings. The summed E-state index contributed by atoms with van der Waals surface area (Å²) in [5.74, 6) is -0.0330. The predicted octanol–water partition coefficient (Wildman–Crippen LogP) is -0.0845. The molecular formula is C10H14FN4O4P. The standard InChI is InChI=1S/C10H14FN4O4P/c11-3-6(19-5-20(17)18)4-15-2-1-7-8(15)13-10(12)14-9(7)16/h1-2,6,17-18H,3-5H2,(H3,12,13,14,16). The summed E-state index contributed by atoms with van der Waals surface area (Å²) in [7, 11) is -2.24. The second-order valence-electron chi connectivity index (χ2n) is 4.10. The summed E-state index contributed by atoms with van der Waals surface area (Å²) in [4.78, 5) is 35.5. The van der Waals surface area contributed by atoms with Gasteiger partial charge in [-0.1, -0.05) is 0 Å². The highest BCUT2D eigenvalue weighted by molar-refractivity contribution is 7.44. The zero-order chi connectivity index (χ0) is 14.7. The van der Waals surface area contributed by atoms with E-state index in [0.29, 0.717) is 11.0 Å². The van der Waals surface area contributed by atoms with Crippen molar-refractivity contribution in [3.05, 3.63) is 22.6 Å². The molecule has 0 saturated carbocycles. The number of aromatic amines is 1. The molecule has 1 unspecified atom stereocenters. The lowest BCUT2D eigenvalue weighted by molar-refractivity contribution is 0.0489. The number of ether oxygens (including phenoxy) is 1. The molecule has 0 saturated heterocycles. The van der Waals surface area contributed by atoms with Gasteiger partial charge in [0, 0.05) is 6.20 Å². The van der Waals surface area contributed by atoms with E-state index < -0.39 is 21.2 Å². The van der Waals surface area contributed by atoms with Crippen LogP contribution in [0.5, 0.6) is 0 Å². The molecule has 0 spiro atoms. The van der Waals surface area contributed by atoms with E-state index in [0.717, 1.165) is 0 Å². The number of alkyl halides is 1. The number of fused-ring (bicyclic) bond motifs is 1. The largest absolute Gasteiger partial charge is 0.369 e. The molecule has 0 bridgehead atoms. The van der Waals surface area contributed by atoms with Crippen molar-refractivity contribution in [3.63, 3.8) is 0 Å². The Morgan fingerprint density at radius 3 is 3.00 bits per heavy atom. The summed E-state index contributed by atoms with van der Waals surface area (Å²) in [6.07, 6.45) is 0.371. The van der Waals surface area contributed by atoms with Crippen molar-refractivity contribution in [1.29, 1.82) is 0 Å². The summed E-state index contributed by atoms with van der Waals surface area (Å²) < 4.78 is 19.4. The lowest BCUT2D eigenvalue weighted by Gasteiger charge is -2.16. The van der Waals surface area contributed by atoms with Crippen LogP contribution in [0.3, 0.4) is 0 Å². The Labute approximate surface area is 113 Å². The van der Waals surface area contributed by atoms with Crippen LogP contribution in [0.15, 0.2) is 17.1 Å². The molecule has 20 heavy (non-hydrogen) atoms. The molecule has 0 aliphatic carbocycles. The maximum Gasteiger partial charge on any atom is 0.261 e. The number of hydrogen-bond acceptors (Lipinski definition) is 6. The van der Waals surface area contributed by atoms with Gasteiger partial charge in [0.25, 0.3) is 5.56 Å². The van der Waals surface area contributed by atoms with E-state index in [4.69, 9.17) is 20.3 Å². The Hall–Kier alpha value is -1.54. The first kappa shape index (κ1) is 14.9. The van der Waals surface area contributed by atoms with Crippen molar-refractivity contribution in [3.8, 4) is 0 Å². The minimum atomic E-state index is -2.24. The quantitative estimate of drug-likeness (QED) is 0.553. The number of aromatic nitrogens is 3. The molecule has 0 amide bonds. The van der Waals surface area contributed by atoms with Crippen molar-refractivity contribution in [2.45, 2.75) is 12.6 Å². The fourth-order valence-electron chi connectivity index (χ4n) is 1.78. The van der Waals surface area contributed by atoms with Gasteiger partial charge in [0.1, 0.15) is 24.8 Å². The number of nitrogens with zero attached hydrogens (tertiary/aromatic N) is 2. The SMILES string of the molecule is Nc1nc2c(ccn2CC(CF)OCP(O)O)c(=O)[nH]1. The van der Waals surface area contributed by atoms with Crippen molar-refractivity contribution >= 4 is 25.4 Å². The third-order valence-electron chi connectivity index (χ3n) is 2.64. The van der Waals surface area contributed by atoms with Gasteiger partial charge in [0.05, 0.1) is 11.9 Å². The van der Waals surface area contributed by atoms with E-state index in [9.17, 15) is 9.18 Å². The van der Waals surface area contributed by atoms with E-state index in [1.807, 2.05) is 0 Å². The molecule has 2 heterocycles. The zero-order valence-corrected chi connectivity index (χ0v) is 11.3. The molecule has 110 valence electrons. The minimum Gasteiger partial charge on any atom is -0.369 e. The molecule has 10 heteroatoms. The molecule has 5 N–H and O–H groups in total. The van der Waals surface area contributed by atoms with Gasteiger partial charge in [0.15, 0.2) is 8.38 Å². The van der Waals surface area contributed by atoms with Crippen LogP contribution >= 0.6 is 8.38 Å². The molecular weight excluding hydrogens is 290 g/mol. The number of H-pyrrole nitrogens is 1. The third kappa shape index (κ3) is 3.31. The van der Waals surface area contributed by atoms with E-state index >= 15 is 0 Å². The normalized spacial score (nSPS) is 13.2. The summed E-state index contributed by atoms with van der Waals surface area (Å²) in [5, 5.41) is 0.336. The van der Waals surface area contributed by atoms with Crippen LogP contribution in [-0.2, 0) is 11.3 Å². The molecule has 2 rings (SSSR count). The van der Waals surface area contributed by atoms with Crippen molar-refractivity contribution in [2.24, 2.45) is 0 Å². The first-order valence-corrected chi connectivity index (χ1v) is 7.12. The average Bonchev–Trinajstić information content (AvgIpc) is 2.77. The molecule has 0 aliphatic rings. The van der Waals surface area contributed by atoms with Gasteiger partial charge in [-0.05, 0) is 6.07 Å². The Kier molecular flexibility index (Phi) is 4.66. The number of rotatable bonds is 6. The summed E-state index contributed by atoms with van der Waals surface area (Å²) in [5.41, 5.74) is 5.41. The lowest BCUT2D eigenvalue weighted by Crippen LogP contribution is -2.23. The second-order valence-corrected chi connectivity index (χ2v) is 5.10. The number of halogens is 1. The highest BCUT2D eigenvalue weighted by atomic mass is 31.2. The third-order valence-corrected chi connectivity index (χ3v) is 3.02. The molecule has 2 aromatic heterocycles. The van der Waals surface area contributed by atoms with E-state index in [1.165, 1.54) is 4.57 Å². The predicted molar refractivity (Wildman–Crippen MR) is 71.8 cm³/mol. The number of anilines is 1. The van der Waals surface area contributed by atoms with Crippen molar-refractivity contribution in [1.82, 2.24) is 14.5 Å². The number of hydrogen-bond donors (Lipinski definition) is 4. The molecule has 0 aromatic carbocycles. The highest BCUT2D eigenvalue weighted by Gasteiger charge is 2.15. The van der Waals surface area contributed by atoms with Crippen molar-refractivity contribution < 1.29 is 18.9 Å². The topological polar surface area (TPSA) is 126 Å². The molecule has 8 nitrogen and oxygen atoms in total. The molecule has 0 aliphatic heterocycles. The fraction of sp³-hybridized carbons (Fsp3) is 0.400. The van der Waals surface area contributed by atoms with Gasteiger partial charge in [-0.3, -0.25) is 9.78 Å². The van der Waals surface area contributed by atoms with E-state index in [1.54, 1.807) is 12.3 Å². The van der Waals surface area contributed by atoms with Gasteiger partial charge >= 0.3 is 0 Å². The summed E-state index contributed by atoms with van der Waals surface area (Å²) in [6.45, 7) is -0.722. The Morgan fingerprint density at radius 2 is 2.35 bits per heavy atom. The molecule has 0 fully saturated rings. The van der Waals surface area contributed by atoms with Gasteiger partial charge < -0.3 is 24.8 Å². The van der Waals surface area contributed by atoms with Gasteiger partial charge in [-0.25, -0.2) is 4.39 Å². The zero-order valence-electron chi connectivity index (χ0n) is 10.4. The lowest BCUT2D eigenvalue weighted by atomic mass is 10.4. The van der Waals surface area contributed by atoms with Gasteiger partial charge in [-0.2, -0.15) is 4.98 Å².